The van der Waals surface area contributed by atoms with Crippen molar-refractivity contribution in [2.75, 3.05) is 16.4 Å². The molecule has 3 rings (SSSR count). The second-order valence-electron chi connectivity index (χ2n) is 6.10. The molecular weight excluding hydrogens is 436 g/mol. The summed E-state index contributed by atoms with van der Waals surface area (Å²) in [6.07, 6.45) is -4.59. The average Bonchev–Trinajstić information content (AvgIpc) is 2.73. The van der Waals surface area contributed by atoms with Crippen LogP contribution in [-0.4, -0.2) is 27.8 Å². The van der Waals surface area contributed by atoms with E-state index in [4.69, 9.17) is 0 Å². The van der Waals surface area contributed by atoms with Crippen LogP contribution in [0.25, 0.3) is 0 Å². The zero-order valence-corrected chi connectivity index (χ0v) is 16.4. The molecule has 2 aromatic carbocycles. The fourth-order valence-corrected chi connectivity index (χ4v) is 3.06. The van der Waals surface area contributed by atoms with E-state index in [1.807, 2.05) is 0 Å². The van der Waals surface area contributed by atoms with Gasteiger partial charge in [0.2, 0.25) is 5.91 Å². The Balaban J connectivity index is 1.55. The molecule has 0 aliphatic heterocycles. The molecule has 31 heavy (non-hydrogen) atoms. The molecule has 0 bridgehead atoms. The van der Waals surface area contributed by atoms with Crippen molar-refractivity contribution in [3.05, 3.63) is 77.6 Å². The van der Waals surface area contributed by atoms with E-state index >= 15 is 0 Å². The van der Waals surface area contributed by atoms with E-state index in [-0.39, 0.29) is 22.8 Å². The first-order valence-corrected chi connectivity index (χ1v) is 9.70. The molecule has 0 aliphatic rings. The summed E-state index contributed by atoms with van der Waals surface area (Å²) in [5, 5.41) is 12.7. The van der Waals surface area contributed by atoms with Gasteiger partial charge in [0.25, 0.3) is 5.91 Å². The van der Waals surface area contributed by atoms with E-state index in [1.165, 1.54) is 48.5 Å². The molecule has 0 saturated heterocycles. The van der Waals surface area contributed by atoms with Crippen LogP contribution in [-0.2, 0) is 11.0 Å². The van der Waals surface area contributed by atoms with Gasteiger partial charge in [0.1, 0.15) is 10.8 Å². The van der Waals surface area contributed by atoms with Crippen molar-refractivity contribution in [1.29, 1.82) is 0 Å². The Morgan fingerprint density at radius 2 is 1.71 bits per heavy atom. The van der Waals surface area contributed by atoms with Crippen molar-refractivity contribution in [2.45, 2.75) is 11.2 Å². The van der Waals surface area contributed by atoms with Crippen LogP contribution in [0.3, 0.4) is 0 Å². The standard InChI is InChI=1S/C20H14F4N4O2S/c21-13-5-3-4-12(10-13)19(30)26-16-8-9-18(28-27-16)31-11-17(29)25-15-7-2-1-6-14(15)20(22,23)24/h1-10H,11H2,(H,25,29)(H,26,27,30). The second-order valence-corrected chi connectivity index (χ2v) is 7.10. The summed E-state index contributed by atoms with van der Waals surface area (Å²) >= 11 is 0.958. The lowest BCUT2D eigenvalue weighted by Crippen LogP contribution is -2.18. The molecule has 3 aromatic rings. The van der Waals surface area contributed by atoms with Crippen molar-refractivity contribution < 1.29 is 27.2 Å². The minimum Gasteiger partial charge on any atom is -0.325 e. The van der Waals surface area contributed by atoms with Crippen LogP contribution >= 0.6 is 11.8 Å². The lowest BCUT2D eigenvalue weighted by atomic mass is 10.1. The normalized spacial score (nSPS) is 11.1. The van der Waals surface area contributed by atoms with Gasteiger partial charge >= 0.3 is 6.18 Å². The molecule has 0 atom stereocenters. The van der Waals surface area contributed by atoms with E-state index in [2.05, 4.69) is 20.8 Å². The molecule has 0 saturated carbocycles. The maximum atomic E-state index is 13.2. The summed E-state index contributed by atoms with van der Waals surface area (Å²) in [7, 11) is 0. The van der Waals surface area contributed by atoms with E-state index in [1.54, 1.807) is 0 Å². The molecule has 11 heteroatoms. The topological polar surface area (TPSA) is 84.0 Å². The van der Waals surface area contributed by atoms with Gasteiger partial charge in [-0.3, -0.25) is 9.59 Å². The van der Waals surface area contributed by atoms with E-state index in [0.29, 0.717) is 5.03 Å². The Morgan fingerprint density at radius 1 is 0.935 bits per heavy atom. The number of hydrogen-bond donors (Lipinski definition) is 2. The van der Waals surface area contributed by atoms with Gasteiger partial charge in [-0.1, -0.05) is 30.0 Å². The van der Waals surface area contributed by atoms with E-state index < -0.39 is 29.4 Å². The number of nitrogens with one attached hydrogen (secondary N) is 2. The summed E-state index contributed by atoms with van der Waals surface area (Å²) in [4.78, 5) is 24.1. The van der Waals surface area contributed by atoms with Gasteiger partial charge in [-0.25, -0.2) is 4.39 Å². The summed E-state index contributed by atoms with van der Waals surface area (Å²) in [6.45, 7) is 0. The van der Waals surface area contributed by atoms with Gasteiger partial charge in [-0.05, 0) is 42.5 Å². The SMILES string of the molecule is O=C(CSc1ccc(NC(=O)c2cccc(F)c2)nn1)Nc1ccccc1C(F)(F)F. The molecule has 1 aromatic heterocycles. The number of hydrogen-bond acceptors (Lipinski definition) is 5. The summed E-state index contributed by atoms with van der Waals surface area (Å²) in [6, 6.07) is 12.7. The maximum Gasteiger partial charge on any atom is 0.418 e. The van der Waals surface area contributed by atoms with Crippen LogP contribution in [0.1, 0.15) is 15.9 Å². The lowest BCUT2D eigenvalue weighted by molar-refractivity contribution is -0.137. The van der Waals surface area contributed by atoms with Crippen LogP contribution in [0.2, 0.25) is 0 Å². The summed E-state index contributed by atoms with van der Waals surface area (Å²) in [5.74, 6) is -1.86. The van der Waals surface area contributed by atoms with Crippen LogP contribution in [0.4, 0.5) is 29.1 Å². The Morgan fingerprint density at radius 3 is 2.39 bits per heavy atom. The number of nitrogens with zero attached hydrogens (tertiary/aromatic N) is 2. The minimum atomic E-state index is -4.59. The van der Waals surface area contributed by atoms with Crippen molar-refractivity contribution in [2.24, 2.45) is 0 Å². The molecule has 160 valence electrons. The van der Waals surface area contributed by atoms with Gasteiger partial charge in [0, 0.05) is 5.56 Å². The highest BCUT2D eigenvalue weighted by molar-refractivity contribution is 7.99. The zero-order chi connectivity index (χ0) is 22.4. The van der Waals surface area contributed by atoms with Crippen LogP contribution < -0.4 is 10.6 Å². The van der Waals surface area contributed by atoms with Crippen LogP contribution in [0.15, 0.2) is 65.7 Å². The Hall–Kier alpha value is -3.47. The monoisotopic (exact) mass is 450 g/mol. The number of carbonyl (C=O) groups is 2. The number of benzene rings is 2. The van der Waals surface area contributed by atoms with Gasteiger partial charge < -0.3 is 10.6 Å². The predicted octanol–water partition coefficient (Wildman–Crippen LogP) is 4.62. The first-order chi connectivity index (χ1) is 14.7. The zero-order valence-electron chi connectivity index (χ0n) is 15.6. The fraction of sp³-hybridized carbons (Fsp3) is 0.100. The number of carbonyl (C=O) groups excluding carboxylic acids is 2. The van der Waals surface area contributed by atoms with Gasteiger partial charge in [0.05, 0.1) is 17.0 Å². The molecule has 1 heterocycles. The number of rotatable bonds is 6. The quantitative estimate of drug-likeness (QED) is 0.423. The number of alkyl halides is 3. The van der Waals surface area contributed by atoms with Crippen LogP contribution in [0, 0.1) is 5.82 Å². The highest BCUT2D eigenvalue weighted by Gasteiger charge is 2.33. The Labute approximate surface area is 178 Å². The van der Waals surface area contributed by atoms with Crippen molar-refractivity contribution >= 4 is 35.1 Å². The Bertz CT molecular complexity index is 1090. The van der Waals surface area contributed by atoms with Crippen LogP contribution in [0.5, 0.6) is 0 Å². The van der Waals surface area contributed by atoms with Crippen molar-refractivity contribution in [3.63, 3.8) is 0 Å². The number of anilines is 2. The highest BCUT2D eigenvalue weighted by Crippen LogP contribution is 2.34. The van der Waals surface area contributed by atoms with Gasteiger partial charge in [0.15, 0.2) is 5.82 Å². The number of para-hydroxylation sites is 1. The van der Waals surface area contributed by atoms with E-state index in [9.17, 15) is 27.2 Å². The second kappa shape index (κ2) is 9.56. The Kier molecular flexibility index (Phi) is 6.85. The third-order valence-electron chi connectivity index (χ3n) is 3.83. The molecule has 0 aliphatic carbocycles. The molecule has 0 fully saturated rings. The lowest BCUT2D eigenvalue weighted by Gasteiger charge is -2.13. The van der Waals surface area contributed by atoms with Gasteiger partial charge in [-0.15, -0.1) is 10.2 Å². The summed E-state index contributed by atoms with van der Waals surface area (Å²) in [5.41, 5.74) is -1.16. The molecular formula is C20H14F4N4O2S. The number of halogens is 4. The molecule has 0 unspecified atom stereocenters. The van der Waals surface area contributed by atoms with Crippen molar-refractivity contribution in [3.8, 4) is 0 Å². The number of aromatic nitrogens is 2. The summed E-state index contributed by atoms with van der Waals surface area (Å²) < 4.78 is 52.1. The smallest absolute Gasteiger partial charge is 0.325 e. The largest absolute Gasteiger partial charge is 0.418 e. The first-order valence-electron chi connectivity index (χ1n) is 8.72. The third kappa shape index (κ3) is 6.25. The first kappa shape index (κ1) is 22.2. The molecule has 0 radical (unpaired) electrons. The highest BCUT2D eigenvalue weighted by atomic mass is 32.2. The maximum absolute atomic E-state index is 13.2. The van der Waals surface area contributed by atoms with Crippen molar-refractivity contribution in [1.82, 2.24) is 10.2 Å². The average molecular weight is 450 g/mol. The minimum absolute atomic E-state index is 0.107. The molecule has 6 nitrogen and oxygen atoms in total. The number of thioether (sulfide) groups is 1. The van der Waals surface area contributed by atoms with E-state index in [0.717, 1.165) is 23.9 Å². The van der Waals surface area contributed by atoms with Gasteiger partial charge in [-0.2, -0.15) is 13.2 Å². The molecule has 2 amide bonds. The fourth-order valence-electron chi connectivity index (χ4n) is 2.45. The molecule has 0 spiro atoms. The predicted molar refractivity (Wildman–Crippen MR) is 107 cm³/mol. The molecule has 2 N–H and O–H groups in total. The third-order valence-corrected chi connectivity index (χ3v) is 4.75. The number of amides is 2.